The zero-order valence-corrected chi connectivity index (χ0v) is 11.4. The summed E-state index contributed by atoms with van der Waals surface area (Å²) in [5, 5.41) is 3.84. The van der Waals surface area contributed by atoms with Crippen LogP contribution in [-0.2, 0) is 4.74 Å². The average Bonchev–Trinajstić information content (AvgIpc) is 2.44. The molecule has 0 bridgehead atoms. The van der Waals surface area contributed by atoms with E-state index in [0.717, 1.165) is 13.2 Å². The summed E-state index contributed by atoms with van der Waals surface area (Å²) < 4.78 is 19.2. The molecule has 0 fully saturated rings. The van der Waals surface area contributed by atoms with Gasteiger partial charge in [0.05, 0.1) is 17.8 Å². The molecule has 0 saturated carbocycles. The van der Waals surface area contributed by atoms with Crippen LogP contribution in [0.25, 0.3) is 5.69 Å². The Bertz CT molecular complexity index is 743. The highest BCUT2D eigenvalue weighted by molar-refractivity contribution is 6.30. The van der Waals surface area contributed by atoms with Crippen LogP contribution >= 0.6 is 11.6 Å². The second-order valence-electron chi connectivity index (χ2n) is 4.02. The zero-order valence-electron chi connectivity index (χ0n) is 10.7. The summed E-state index contributed by atoms with van der Waals surface area (Å²) in [6, 6.07) is 4.03. The van der Waals surface area contributed by atoms with Crippen molar-refractivity contribution in [2.75, 3.05) is 7.11 Å². The quantitative estimate of drug-likeness (QED) is 0.797. The van der Waals surface area contributed by atoms with Gasteiger partial charge < -0.3 is 4.74 Å². The Morgan fingerprint density at radius 2 is 2.15 bits per heavy atom. The third-order valence-electron chi connectivity index (χ3n) is 2.64. The Labute approximate surface area is 118 Å². The molecule has 0 aliphatic rings. The van der Waals surface area contributed by atoms with Gasteiger partial charge in [-0.15, -0.1) is 0 Å². The van der Waals surface area contributed by atoms with E-state index in [2.05, 4.69) is 9.84 Å². The molecule has 20 heavy (non-hydrogen) atoms. The summed E-state index contributed by atoms with van der Waals surface area (Å²) >= 11 is 5.60. The highest BCUT2D eigenvalue weighted by Gasteiger charge is 2.16. The fourth-order valence-electron chi connectivity index (χ4n) is 1.60. The number of hydrogen-bond donors (Lipinski definition) is 0. The molecule has 0 atom stereocenters. The predicted octanol–water partition coefficient (Wildman–Crippen LogP) is 2.12. The number of methoxy groups -OCH3 is 1. The molecule has 2 aromatic rings. The van der Waals surface area contributed by atoms with Crippen molar-refractivity contribution in [3.63, 3.8) is 0 Å². The molecule has 0 aliphatic heterocycles. The van der Waals surface area contributed by atoms with Crippen molar-refractivity contribution < 1.29 is 13.9 Å². The number of aromatic nitrogens is 2. The minimum atomic E-state index is -0.845. The topological polar surface area (TPSA) is 61.2 Å². The number of rotatable bonds is 2. The van der Waals surface area contributed by atoms with Gasteiger partial charge in [-0.1, -0.05) is 11.6 Å². The van der Waals surface area contributed by atoms with E-state index in [4.69, 9.17) is 11.6 Å². The van der Waals surface area contributed by atoms with Gasteiger partial charge in [0.1, 0.15) is 5.82 Å². The van der Waals surface area contributed by atoms with Gasteiger partial charge in [0, 0.05) is 17.8 Å². The molecule has 0 radical (unpaired) electrons. The monoisotopic (exact) mass is 296 g/mol. The summed E-state index contributed by atoms with van der Waals surface area (Å²) in [5.74, 6) is -1.47. The Kier molecular flexibility index (Phi) is 3.85. The number of nitrogens with zero attached hydrogens (tertiary/aromatic N) is 2. The van der Waals surface area contributed by atoms with Gasteiger partial charge in [-0.25, -0.2) is 13.9 Å². The van der Waals surface area contributed by atoms with Crippen molar-refractivity contribution in [2.24, 2.45) is 0 Å². The lowest BCUT2D eigenvalue weighted by Crippen LogP contribution is -2.24. The molecule has 5 nitrogen and oxygen atoms in total. The van der Waals surface area contributed by atoms with E-state index in [9.17, 15) is 14.0 Å². The number of halogens is 2. The molecular formula is C13H10ClFN2O3. The van der Waals surface area contributed by atoms with Gasteiger partial charge in [-0.3, -0.25) is 4.79 Å². The molecule has 0 N–H and O–H groups in total. The maximum Gasteiger partial charge on any atom is 0.362 e. The maximum absolute atomic E-state index is 13.4. The molecule has 0 saturated heterocycles. The van der Waals surface area contributed by atoms with E-state index in [1.807, 2.05) is 0 Å². The summed E-state index contributed by atoms with van der Waals surface area (Å²) in [7, 11) is 1.15. The van der Waals surface area contributed by atoms with Gasteiger partial charge in [0.2, 0.25) is 11.1 Å². The molecule has 1 heterocycles. The fourth-order valence-corrected chi connectivity index (χ4v) is 1.72. The summed E-state index contributed by atoms with van der Waals surface area (Å²) in [6.45, 7) is 1.53. The van der Waals surface area contributed by atoms with Crippen molar-refractivity contribution in [2.45, 2.75) is 6.92 Å². The van der Waals surface area contributed by atoms with Crippen LogP contribution in [0.2, 0.25) is 5.02 Å². The first-order valence-electron chi connectivity index (χ1n) is 5.58. The first-order valence-corrected chi connectivity index (χ1v) is 5.96. The first kappa shape index (κ1) is 14.2. The molecule has 2 rings (SSSR count). The van der Waals surface area contributed by atoms with Crippen molar-refractivity contribution in [3.05, 3.63) is 56.7 Å². The number of carbonyl (C=O) groups excluding carboxylic acids is 1. The molecular weight excluding hydrogens is 287 g/mol. The van der Waals surface area contributed by atoms with Crippen LogP contribution < -0.4 is 5.43 Å². The number of aryl methyl sites for hydroxylation is 1. The molecule has 1 aromatic carbocycles. The maximum atomic E-state index is 13.4. The third kappa shape index (κ3) is 2.55. The Morgan fingerprint density at radius 1 is 1.45 bits per heavy atom. The summed E-state index contributed by atoms with van der Waals surface area (Å²) in [6.07, 6.45) is 1.40. The molecule has 0 aliphatic carbocycles. The van der Waals surface area contributed by atoms with Crippen LogP contribution in [0.3, 0.4) is 0 Å². The number of esters is 1. The molecule has 0 amide bonds. The number of hydrogen-bond acceptors (Lipinski definition) is 4. The van der Waals surface area contributed by atoms with Crippen LogP contribution in [0.5, 0.6) is 0 Å². The normalized spacial score (nSPS) is 10.4. The highest BCUT2D eigenvalue weighted by atomic mass is 35.5. The Balaban J connectivity index is 2.63. The Morgan fingerprint density at radius 3 is 2.75 bits per heavy atom. The van der Waals surface area contributed by atoms with E-state index in [1.165, 1.54) is 29.9 Å². The van der Waals surface area contributed by atoms with Gasteiger partial charge in [-0.05, 0) is 19.1 Å². The van der Waals surface area contributed by atoms with Crippen LogP contribution in [0.4, 0.5) is 4.39 Å². The number of ether oxygens (including phenoxy) is 1. The largest absolute Gasteiger partial charge is 0.464 e. The predicted molar refractivity (Wildman–Crippen MR) is 70.9 cm³/mol. The minimum absolute atomic E-state index is 0.0280. The lowest BCUT2D eigenvalue weighted by molar-refractivity contribution is 0.0590. The van der Waals surface area contributed by atoms with Crippen LogP contribution in [0, 0.1) is 12.7 Å². The van der Waals surface area contributed by atoms with Crippen LogP contribution in [0.1, 0.15) is 16.1 Å². The van der Waals surface area contributed by atoms with Gasteiger partial charge in [0.15, 0.2) is 0 Å². The standard InChI is InChI=1S/C13H10ClFN2O3/c1-7-6-17(8-3-4-9(14)10(15)5-8)16-11(12(7)18)13(19)20-2/h3-6H,1-2H3. The first-order chi connectivity index (χ1) is 9.43. The molecule has 1 aromatic heterocycles. The van der Waals surface area contributed by atoms with Crippen molar-refractivity contribution in [3.8, 4) is 5.69 Å². The van der Waals surface area contributed by atoms with Crippen molar-refractivity contribution in [1.29, 1.82) is 0 Å². The van der Waals surface area contributed by atoms with Gasteiger partial charge in [-0.2, -0.15) is 5.10 Å². The second-order valence-corrected chi connectivity index (χ2v) is 4.43. The van der Waals surface area contributed by atoms with E-state index in [-0.39, 0.29) is 16.3 Å². The smallest absolute Gasteiger partial charge is 0.362 e. The van der Waals surface area contributed by atoms with E-state index in [1.54, 1.807) is 0 Å². The van der Waals surface area contributed by atoms with Crippen LogP contribution in [-0.4, -0.2) is 22.9 Å². The lowest BCUT2D eigenvalue weighted by atomic mass is 10.2. The number of benzene rings is 1. The fraction of sp³-hybridized carbons (Fsp3) is 0.154. The Hall–Kier alpha value is -2.21. The van der Waals surface area contributed by atoms with Crippen molar-refractivity contribution in [1.82, 2.24) is 9.78 Å². The molecule has 0 unspecified atom stereocenters. The summed E-state index contributed by atoms with van der Waals surface area (Å²) in [4.78, 5) is 23.3. The van der Waals surface area contributed by atoms with E-state index >= 15 is 0 Å². The van der Waals surface area contributed by atoms with Gasteiger partial charge >= 0.3 is 5.97 Å². The molecule has 104 valence electrons. The van der Waals surface area contributed by atoms with Crippen LogP contribution in [0.15, 0.2) is 29.2 Å². The highest BCUT2D eigenvalue weighted by Crippen LogP contribution is 2.17. The molecule has 0 spiro atoms. The van der Waals surface area contributed by atoms with E-state index in [0.29, 0.717) is 5.69 Å². The van der Waals surface area contributed by atoms with Gasteiger partial charge in [0.25, 0.3) is 0 Å². The zero-order chi connectivity index (χ0) is 14.9. The SMILES string of the molecule is COC(=O)c1nn(-c2ccc(Cl)c(F)c2)cc(C)c1=O. The van der Waals surface area contributed by atoms with E-state index < -0.39 is 17.2 Å². The lowest BCUT2D eigenvalue weighted by Gasteiger charge is -2.08. The average molecular weight is 297 g/mol. The third-order valence-corrected chi connectivity index (χ3v) is 2.95. The second kappa shape index (κ2) is 5.42. The summed E-state index contributed by atoms with van der Waals surface area (Å²) in [5.41, 5.74) is -0.263. The minimum Gasteiger partial charge on any atom is -0.464 e. The number of carbonyl (C=O) groups is 1. The molecule has 7 heteroatoms. The van der Waals surface area contributed by atoms with Crippen molar-refractivity contribution >= 4 is 17.6 Å².